The van der Waals surface area contributed by atoms with Gasteiger partial charge in [0.15, 0.2) is 0 Å². The molecule has 148 valence electrons. The van der Waals surface area contributed by atoms with Gasteiger partial charge in [0.2, 0.25) is 10.0 Å². The molecule has 28 heavy (non-hydrogen) atoms. The Morgan fingerprint density at radius 3 is 2.36 bits per heavy atom. The third kappa shape index (κ3) is 4.42. The summed E-state index contributed by atoms with van der Waals surface area (Å²) in [5.74, 6) is -2.32. The topological polar surface area (TPSA) is 78.8 Å². The number of amides is 1. The first-order valence-electron chi connectivity index (χ1n) is 8.77. The maximum atomic E-state index is 13.5. The number of hydrogen-bond acceptors (Lipinski definition) is 4. The molecule has 1 aliphatic heterocycles. The standard InChI is InChI=1S/C19H19F2N3O3S/c20-17-8-5-9-18(21)16(17)13-22-23-19(25)14-6-4-7-15(12-14)28(26,27)24-10-2-1-3-11-24/h4-9,12-13H,1-3,10-11H2,(H,23,25)/b22-13-. The highest BCUT2D eigenvalue weighted by atomic mass is 32.2. The van der Waals surface area contributed by atoms with Crippen LogP contribution in [0.5, 0.6) is 0 Å². The molecule has 2 aromatic rings. The van der Waals surface area contributed by atoms with Gasteiger partial charge in [-0.05, 0) is 43.2 Å². The molecular weight excluding hydrogens is 388 g/mol. The van der Waals surface area contributed by atoms with Crippen LogP contribution >= 0.6 is 0 Å². The molecule has 0 atom stereocenters. The fraction of sp³-hybridized carbons (Fsp3) is 0.263. The van der Waals surface area contributed by atoms with E-state index in [-0.39, 0.29) is 16.0 Å². The Morgan fingerprint density at radius 1 is 1.04 bits per heavy atom. The number of carbonyl (C=O) groups is 1. The van der Waals surface area contributed by atoms with Crippen LogP contribution in [-0.2, 0) is 10.0 Å². The Labute approximate surface area is 161 Å². The van der Waals surface area contributed by atoms with Crippen molar-refractivity contribution in [2.75, 3.05) is 13.1 Å². The number of sulfonamides is 1. The number of halogens is 2. The molecule has 0 unspecified atom stereocenters. The maximum Gasteiger partial charge on any atom is 0.271 e. The minimum absolute atomic E-state index is 0.0196. The first-order valence-corrected chi connectivity index (χ1v) is 10.2. The monoisotopic (exact) mass is 407 g/mol. The minimum atomic E-state index is -3.68. The van der Waals surface area contributed by atoms with Crippen LogP contribution in [-0.4, -0.2) is 37.9 Å². The molecule has 1 heterocycles. The van der Waals surface area contributed by atoms with E-state index in [9.17, 15) is 22.0 Å². The quantitative estimate of drug-likeness (QED) is 0.612. The molecule has 1 N–H and O–H groups in total. The van der Waals surface area contributed by atoms with Crippen LogP contribution in [0.3, 0.4) is 0 Å². The summed E-state index contributed by atoms with van der Waals surface area (Å²) in [6, 6.07) is 8.95. The molecule has 1 aliphatic rings. The summed E-state index contributed by atoms with van der Waals surface area (Å²) in [4.78, 5) is 12.3. The zero-order valence-electron chi connectivity index (χ0n) is 14.9. The van der Waals surface area contributed by atoms with Gasteiger partial charge >= 0.3 is 0 Å². The zero-order chi connectivity index (χ0) is 20.1. The number of hydrogen-bond donors (Lipinski definition) is 1. The van der Waals surface area contributed by atoms with Crippen molar-refractivity contribution >= 4 is 22.1 Å². The van der Waals surface area contributed by atoms with E-state index in [2.05, 4.69) is 10.5 Å². The molecule has 0 aromatic heterocycles. The molecule has 1 fully saturated rings. The Hall–Kier alpha value is -2.65. The number of carbonyl (C=O) groups excluding carboxylic acids is 1. The van der Waals surface area contributed by atoms with Gasteiger partial charge in [-0.2, -0.15) is 9.41 Å². The first kappa shape index (κ1) is 20.1. The summed E-state index contributed by atoms with van der Waals surface area (Å²) in [6.45, 7) is 0.911. The molecule has 0 aliphatic carbocycles. The van der Waals surface area contributed by atoms with Crippen LogP contribution in [0, 0.1) is 11.6 Å². The van der Waals surface area contributed by atoms with Crippen LogP contribution < -0.4 is 5.43 Å². The summed E-state index contributed by atoms with van der Waals surface area (Å²) in [6.07, 6.45) is 3.47. The average Bonchev–Trinajstić information content (AvgIpc) is 2.71. The smallest absolute Gasteiger partial charge is 0.267 e. The first-order chi connectivity index (χ1) is 13.4. The second-order valence-corrected chi connectivity index (χ2v) is 8.26. The van der Waals surface area contributed by atoms with E-state index in [4.69, 9.17) is 0 Å². The van der Waals surface area contributed by atoms with Crippen molar-refractivity contribution in [3.05, 3.63) is 65.2 Å². The third-order valence-electron chi connectivity index (χ3n) is 4.41. The lowest BCUT2D eigenvalue weighted by Gasteiger charge is -2.25. The Kier molecular flexibility index (Phi) is 6.15. The van der Waals surface area contributed by atoms with Gasteiger partial charge in [-0.3, -0.25) is 4.79 Å². The fourth-order valence-electron chi connectivity index (χ4n) is 2.91. The van der Waals surface area contributed by atoms with Crippen molar-refractivity contribution in [2.45, 2.75) is 24.2 Å². The number of hydrazone groups is 1. The van der Waals surface area contributed by atoms with E-state index in [1.54, 1.807) is 0 Å². The number of rotatable bonds is 5. The summed E-state index contributed by atoms with van der Waals surface area (Å²) >= 11 is 0. The van der Waals surface area contributed by atoms with Crippen LogP contribution in [0.25, 0.3) is 0 Å². The normalized spacial score (nSPS) is 15.6. The van der Waals surface area contributed by atoms with E-state index < -0.39 is 27.6 Å². The summed E-state index contributed by atoms with van der Waals surface area (Å²) in [5, 5.41) is 3.56. The summed E-state index contributed by atoms with van der Waals surface area (Å²) in [7, 11) is -3.68. The number of nitrogens with one attached hydrogen (secondary N) is 1. The molecule has 0 radical (unpaired) electrons. The second-order valence-electron chi connectivity index (χ2n) is 6.33. The summed E-state index contributed by atoms with van der Waals surface area (Å²) in [5.41, 5.74) is 1.84. The van der Waals surface area contributed by atoms with E-state index >= 15 is 0 Å². The lowest BCUT2D eigenvalue weighted by molar-refractivity contribution is 0.0955. The van der Waals surface area contributed by atoms with Gasteiger partial charge in [-0.15, -0.1) is 0 Å². The van der Waals surface area contributed by atoms with Gasteiger partial charge < -0.3 is 0 Å². The highest BCUT2D eigenvalue weighted by Crippen LogP contribution is 2.21. The maximum absolute atomic E-state index is 13.5. The zero-order valence-corrected chi connectivity index (χ0v) is 15.8. The molecule has 3 rings (SSSR count). The predicted octanol–water partition coefficient (Wildman–Crippen LogP) is 2.90. The number of piperidine rings is 1. The highest BCUT2D eigenvalue weighted by Gasteiger charge is 2.26. The number of benzene rings is 2. The lowest BCUT2D eigenvalue weighted by atomic mass is 10.2. The van der Waals surface area contributed by atoms with Crippen LogP contribution in [0.4, 0.5) is 8.78 Å². The van der Waals surface area contributed by atoms with Gasteiger partial charge in [0.05, 0.1) is 16.7 Å². The molecule has 6 nitrogen and oxygen atoms in total. The molecule has 0 saturated carbocycles. The van der Waals surface area contributed by atoms with Crippen LogP contribution in [0.1, 0.15) is 35.2 Å². The van der Waals surface area contributed by atoms with Crippen LogP contribution in [0.15, 0.2) is 52.5 Å². The van der Waals surface area contributed by atoms with E-state index in [0.29, 0.717) is 13.1 Å². The largest absolute Gasteiger partial charge is 0.271 e. The van der Waals surface area contributed by atoms with Crippen molar-refractivity contribution in [1.29, 1.82) is 0 Å². The molecule has 2 aromatic carbocycles. The predicted molar refractivity (Wildman–Crippen MR) is 100 cm³/mol. The number of nitrogens with zero attached hydrogens (tertiary/aromatic N) is 2. The Balaban J connectivity index is 1.74. The van der Waals surface area contributed by atoms with Crippen molar-refractivity contribution in [3.8, 4) is 0 Å². The molecule has 9 heteroatoms. The van der Waals surface area contributed by atoms with Crippen molar-refractivity contribution in [2.24, 2.45) is 5.10 Å². The van der Waals surface area contributed by atoms with Crippen LogP contribution in [0.2, 0.25) is 0 Å². The molecule has 0 spiro atoms. The van der Waals surface area contributed by atoms with Crippen molar-refractivity contribution in [1.82, 2.24) is 9.73 Å². The van der Waals surface area contributed by atoms with Gasteiger partial charge in [-0.1, -0.05) is 18.6 Å². The van der Waals surface area contributed by atoms with E-state index in [1.165, 1.54) is 34.6 Å². The Morgan fingerprint density at radius 2 is 1.68 bits per heavy atom. The molecule has 0 bridgehead atoms. The van der Waals surface area contributed by atoms with Crippen molar-refractivity contribution < 1.29 is 22.0 Å². The lowest BCUT2D eigenvalue weighted by Crippen LogP contribution is -2.35. The fourth-order valence-corrected chi connectivity index (χ4v) is 4.47. The molecule has 1 saturated heterocycles. The molecular formula is C19H19F2N3O3S. The summed E-state index contributed by atoms with van der Waals surface area (Å²) < 4.78 is 53.9. The van der Waals surface area contributed by atoms with Gasteiger partial charge in [0.25, 0.3) is 5.91 Å². The second kappa shape index (κ2) is 8.57. The van der Waals surface area contributed by atoms with E-state index in [0.717, 1.165) is 37.6 Å². The third-order valence-corrected chi connectivity index (χ3v) is 6.30. The highest BCUT2D eigenvalue weighted by molar-refractivity contribution is 7.89. The van der Waals surface area contributed by atoms with Gasteiger partial charge in [0, 0.05) is 18.7 Å². The SMILES string of the molecule is O=C(N/N=C\c1c(F)cccc1F)c1cccc(S(=O)(=O)N2CCCCC2)c1. The van der Waals surface area contributed by atoms with Gasteiger partial charge in [0.1, 0.15) is 11.6 Å². The molecule has 1 amide bonds. The van der Waals surface area contributed by atoms with E-state index in [1.807, 2.05) is 0 Å². The Bertz CT molecular complexity index is 983. The van der Waals surface area contributed by atoms with Crippen molar-refractivity contribution in [3.63, 3.8) is 0 Å². The average molecular weight is 407 g/mol. The van der Waals surface area contributed by atoms with Gasteiger partial charge in [-0.25, -0.2) is 22.6 Å². The minimum Gasteiger partial charge on any atom is -0.267 e.